The van der Waals surface area contributed by atoms with Crippen LogP contribution >= 0.6 is 22.9 Å². The van der Waals surface area contributed by atoms with Gasteiger partial charge >= 0.3 is 0 Å². The zero-order chi connectivity index (χ0) is 18.4. The third-order valence-corrected chi connectivity index (χ3v) is 5.07. The van der Waals surface area contributed by atoms with Crippen LogP contribution < -0.4 is 10.6 Å². The number of carbonyl (C=O) groups excluding carboxylic acids is 1. The lowest BCUT2D eigenvalue weighted by molar-refractivity contribution is -0.119. The van der Waals surface area contributed by atoms with E-state index in [9.17, 15) is 4.79 Å². The summed E-state index contributed by atoms with van der Waals surface area (Å²) in [6.07, 6.45) is 0. The van der Waals surface area contributed by atoms with Gasteiger partial charge in [0.25, 0.3) is 0 Å². The van der Waals surface area contributed by atoms with Crippen LogP contribution in [0.25, 0.3) is 0 Å². The Labute approximate surface area is 161 Å². The summed E-state index contributed by atoms with van der Waals surface area (Å²) in [5.41, 5.74) is 2.08. The summed E-state index contributed by atoms with van der Waals surface area (Å²) in [4.78, 5) is 13.5. The van der Waals surface area contributed by atoms with Crippen LogP contribution in [0.15, 0.2) is 66.0 Å². The third kappa shape index (κ3) is 4.42. The van der Waals surface area contributed by atoms with Crippen LogP contribution in [0.4, 0.5) is 5.69 Å². The van der Waals surface area contributed by atoms with Gasteiger partial charge in [0.15, 0.2) is 0 Å². The number of nitrogens with zero attached hydrogens (tertiary/aromatic N) is 1. The Morgan fingerprint density at radius 2 is 1.96 bits per heavy atom. The van der Waals surface area contributed by atoms with Crippen LogP contribution in [0.5, 0.6) is 0 Å². The second-order valence-corrected chi connectivity index (χ2v) is 6.97. The van der Waals surface area contributed by atoms with Crippen molar-refractivity contribution in [3.63, 3.8) is 0 Å². The monoisotopic (exact) mass is 381 g/mol. The summed E-state index contributed by atoms with van der Waals surface area (Å²) in [5.74, 6) is -0.138. The molecule has 0 radical (unpaired) electrons. The average Bonchev–Trinajstić information content (AvgIpc) is 3.20. The number of hydrogen-bond acceptors (Lipinski definition) is 4. The molecule has 6 heteroatoms. The predicted octanol–water partition coefficient (Wildman–Crippen LogP) is 4.59. The second-order valence-electron chi connectivity index (χ2n) is 5.59. The van der Waals surface area contributed by atoms with Crippen LogP contribution in [0.2, 0.25) is 5.02 Å². The summed E-state index contributed by atoms with van der Waals surface area (Å²) in [6.45, 7) is 0.0984. The summed E-state index contributed by atoms with van der Waals surface area (Å²) in [7, 11) is 0. The molecule has 3 rings (SSSR count). The zero-order valence-corrected chi connectivity index (χ0v) is 15.3. The quantitative estimate of drug-likeness (QED) is 0.656. The first kappa shape index (κ1) is 18.0. The molecule has 0 aliphatic rings. The summed E-state index contributed by atoms with van der Waals surface area (Å²) in [5, 5.41) is 17.5. The molecule has 1 heterocycles. The van der Waals surface area contributed by atoms with Gasteiger partial charge in [0.05, 0.1) is 23.2 Å². The smallest absolute Gasteiger partial charge is 0.240 e. The van der Waals surface area contributed by atoms with Crippen molar-refractivity contribution in [1.29, 1.82) is 5.26 Å². The molecular weight excluding hydrogens is 366 g/mol. The number of hydrogen-bond donors (Lipinski definition) is 2. The van der Waals surface area contributed by atoms with Crippen LogP contribution in [0, 0.1) is 11.3 Å². The number of nitriles is 1. The molecule has 0 aliphatic carbocycles. The van der Waals surface area contributed by atoms with Crippen molar-refractivity contribution in [3.05, 3.63) is 87.1 Å². The molecule has 0 fully saturated rings. The maximum atomic E-state index is 12.5. The SMILES string of the molecule is N#Cc1cc(NCC(=O)N[C@H](c2ccccc2)c2cccs2)ccc1Cl. The van der Waals surface area contributed by atoms with Gasteiger partial charge in [-0.1, -0.05) is 48.0 Å². The third-order valence-electron chi connectivity index (χ3n) is 3.81. The predicted molar refractivity (Wildman–Crippen MR) is 105 cm³/mol. The molecule has 2 N–H and O–H groups in total. The fourth-order valence-electron chi connectivity index (χ4n) is 2.54. The molecule has 0 bridgehead atoms. The van der Waals surface area contributed by atoms with Gasteiger partial charge in [0.1, 0.15) is 6.07 Å². The molecule has 0 aliphatic heterocycles. The van der Waals surface area contributed by atoms with E-state index in [1.54, 1.807) is 29.5 Å². The first-order valence-electron chi connectivity index (χ1n) is 7.98. The Morgan fingerprint density at radius 3 is 2.65 bits per heavy atom. The second kappa shape index (κ2) is 8.52. The normalized spacial score (nSPS) is 11.4. The van der Waals surface area contributed by atoms with Crippen LogP contribution in [0.1, 0.15) is 22.0 Å². The molecule has 26 heavy (non-hydrogen) atoms. The molecule has 3 aromatic rings. The van der Waals surface area contributed by atoms with Gasteiger partial charge in [-0.15, -0.1) is 11.3 Å². The van der Waals surface area contributed by atoms with Crippen molar-refractivity contribution in [2.45, 2.75) is 6.04 Å². The van der Waals surface area contributed by atoms with Gasteiger partial charge in [-0.05, 0) is 35.2 Å². The number of thiophene rings is 1. The standard InChI is InChI=1S/C20H16ClN3OS/c21-17-9-8-16(11-15(17)12-22)23-13-19(25)24-20(18-7-4-10-26-18)14-5-2-1-3-6-14/h1-11,20,23H,13H2,(H,24,25)/t20-/m1/s1. The minimum absolute atomic E-state index is 0.0984. The van der Waals surface area contributed by atoms with E-state index in [0.717, 1.165) is 10.4 Å². The number of anilines is 1. The molecule has 2 aromatic carbocycles. The number of amides is 1. The Morgan fingerprint density at radius 1 is 1.15 bits per heavy atom. The summed E-state index contributed by atoms with van der Waals surface area (Å²) >= 11 is 7.53. The van der Waals surface area contributed by atoms with E-state index in [1.807, 2.05) is 53.9 Å². The fraction of sp³-hybridized carbons (Fsp3) is 0.100. The highest BCUT2D eigenvalue weighted by Gasteiger charge is 2.17. The van der Waals surface area contributed by atoms with Gasteiger partial charge in [-0.3, -0.25) is 4.79 Å². The maximum absolute atomic E-state index is 12.5. The van der Waals surface area contributed by atoms with E-state index in [2.05, 4.69) is 10.6 Å². The Balaban J connectivity index is 1.68. The van der Waals surface area contributed by atoms with Crippen LogP contribution in [0.3, 0.4) is 0 Å². The molecule has 1 atom stereocenters. The minimum Gasteiger partial charge on any atom is -0.376 e. The topological polar surface area (TPSA) is 64.9 Å². The van der Waals surface area contributed by atoms with Gasteiger partial charge < -0.3 is 10.6 Å². The highest BCUT2D eigenvalue weighted by Crippen LogP contribution is 2.26. The summed E-state index contributed by atoms with van der Waals surface area (Å²) in [6, 6.07) is 20.7. The molecule has 0 saturated heterocycles. The van der Waals surface area contributed by atoms with E-state index in [-0.39, 0.29) is 18.5 Å². The van der Waals surface area contributed by atoms with Gasteiger partial charge in [0.2, 0.25) is 5.91 Å². The lowest BCUT2D eigenvalue weighted by Gasteiger charge is -2.18. The van der Waals surface area contributed by atoms with Crippen LogP contribution in [-0.2, 0) is 4.79 Å². The van der Waals surface area contributed by atoms with E-state index >= 15 is 0 Å². The molecule has 0 saturated carbocycles. The van der Waals surface area contributed by atoms with E-state index in [4.69, 9.17) is 16.9 Å². The molecule has 130 valence electrons. The van der Waals surface area contributed by atoms with Crippen LogP contribution in [-0.4, -0.2) is 12.5 Å². The lowest BCUT2D eigenvalue weighted by Crippen LogP contribution is -2.33. The summed E-state index contributed by atoms with van der Waals surface area (Å²) < 4.78 is 0. The molecule has 1 amide bonds. The molecule has 0 unspecified atom stereocenters. The number of rotatable bonds is 6. The van der Waals surface area contributed by atoms with Gasteiger partial charge in [0, 0.05) is 10.6 Å². The van der Waals surface area contributed by atoms with E-state index in [0.29, 0.717) is 16.3 Å². The van der Waals surface area contributed by atoms with Gasteiger partial charge in [-0.25, -0.2) is 0 Å². The number of carbonyl (C=O) groups is 1. The van der Waals surface area contributed by atoms with Crippen molar-refractivity contribution in [2.24, 2.45) is 0 Å². The molecule has 0 spiro atoms. The number of halogens is 1. The largest absolute Gasteiger partial charge is 0.376 e. The first-order valence-corrected chi connectivity index (χ1v) is 9.24. The molecular formula is C20H16ClN3OS. The highest BCUT2D eigenvalue weighted by atomic mass is 35.5. The van der Waals surface area contributed by atoms with E-state index in [1.165, 1.54) is 0 Å². The van der Waals surface area contributed by atoms with Crippen molar-refractivity contribution < 1.29 is 4.79 Å². The highest BCUT2D eigenvalue weighted by molar-refractivity contribution is 7.10. The Bertz CT molecular complexity index is 920. The lowest BCUT2D eigenvalue weighted by atomic mass is 10.1. The van der Waals surface area contributed by atoms with Gasteiger partial charge in [-0.2, -0.15) is 5.26 Å². The van der Waals surface area contributed by atoms with Crippen molar-refractivity contribution in [2.75, 3.05) is 11.9 Å². The van der Waals surface area contributed by atoms with Crippen molar-refractivity contribution >= 4 is 34.5 Å². The first-order chi connectivity index (χ1) is 12.7. The molecule has 1 aromatic heterocycles. The Kier molecular flexibility index (Phi) is 5.90. The van der Waals surface area contributed by atoms with Crippen molar-refractivity contribution in [1.82, 2.24) is 5.32 Å². The van der Waals surface area contributed by atoms with Crippen molar-refractivity contribution in [3.8, 4) is 6.07 Å². The van der Waals surface area contributed by atoms with E-state index < -0.39 is 0 Å². The number of nitrogens with one attached hydrogen (secondary N) is 2. The Hall–Kier alpha value is -2.81. The number of benzene rings is 2. The average molecular weight is 382 g/mol. The minimum atomic E-state index is -0.189. The zero-order valence-electron chi connectivity index (χ0n) is 13.8. The fourth-order valence-corrected chi connectivity index (χ4v) is 3.50. The molecule has 4 nitrogen and oxygen atoms in total. The maximum Gasteiger partial charge on any atom is 0.240 e.